The standard InChI is InChI=1S/C11H14ClN2O/c1-8-6-14(7-9(2)15-8)11-5-3-4-10(12)13-11/h3,5,8-9H,6-7H2,1-2H3. The molecule has 1 radical (unpaired) electrons. The van der Waals surface area contributed by atoms with Crippen LogP contribution in [0, 0.1) is 6.07 Å². The molecule has 0 spiro atoms. The van der Waals surface area contributed by atoms with Crippen LogP contribution in [0.1, 0.15) is 13.8 Å². The third-order valence-corrected chi connectivity index (χ3v) is 2.58. The van der Waals surface area contributed by atoms with Gasteiger partial charge in [0, 0.05) is 19.2 Å². The van der Waals surface area contributed by atoms with E-state index in [2.05, 4.69) is 29.8 Å². The molecule has 0 aromatic carbocycles. The summed E-state index contributed by atoms with van der Waals surface area (Å²) in [5.74, 6) is 0.903. The van der Waals surface area contributed by atoms with Gasteiger partial charge >= 0.3 is 0 Å². The number of morpholine rings is 1. The van der Waals surface area contributed by atoms with Gasteiger partial charge in [-0.2, -0.15) is 0 Å². The molecule has 1 aliphatic rings. The fourth-order valence-electron chi connectivity index (χ4n) is 1.90. The number of rotatable bonds is 1. The zero-order valence-electron chi connectivity index (χ0n) is 8.90. The van der Waals surface area contributed by atoms with Crippen LogP contribution in [0.5, 0.6) is 0 Å². The second-order valence-electron chi connectivity index (χ2n) is 3.90. The molecule has 2 rings (SSSR count). The number of ether oxygens (including phenoxy) is 1. The van der Waals surface area contributed by atoms with Gasteiger partial charge in [0.25, 0.3) is 0 Å². The van der Waals surface area contributed by atoms with E-state index in [-0.39, 0.29) is 12.2 Å². The van der Waals surface area contributed by atoms with Gasteiger partial charge in [-0.3, -0.25) is 0 Å². The van der Waals surface area contributed by atoms with Gasteiger partial charge in [-0.15, -0.1) is 0 Å². The van der Waals surface area contributed by atoms with Gasteiger partial charge in [0.2, 0.25) is 0 Å². The maximum absolute atomic E-state index is 5.81. The zero-order valence-corrected chi connectivity index (χ0v) is 9.66. The lowest BCUT2D eigenvalue weighted by atomic mass is 10.2. The summed E-state index contributed by atoms with van der Waals surface area (Å²) in [7, 11) is 0. The normalized spacial score (nSPS) is 26.7. The quantitative estimate of drug-likeness (QED) is 0.685. The molecule has 1 saturated heterocycles. The van der Waals surface area contributed by atoms with Crippen molar-refractivity contribution in [2.24, 2.45) is 0 Å². The van der Waals surface area contributed by atoms with Crippen LogP contribution in [0.3, 0.4) is 0 Å². The molecular weight excluding hydrogens is 212 g/mol. The molecule has 1 aliphatic heterocycles. The molecule has 81 valence electrons. The average Bonchev–Trinajstić information content (AvgIpc) is 2.16. The van der Waals surface area contributed by atoms with E-state index in [4.69, 9.17) is 16.3 Å². The van der Waals surface area contributed by atoms with E-state index >= 15 is 0 Å². The molecule has 1 aromatic rings. The van der Waals surface area contributed by atoms with Gasteiger partial charge in [-0.25, -0.2) is 4.98 Å². The number of pyridine rings is 1. The number of aromatic nitrogens is 1. The van der Waals surface area contributed by atoms with Gasteiger partial charge in [0.1, 0.15) is 11.0 Å². The minimum atomic E-state index is 0.235. The van der Waals surface area contributed by atoms with Gasteiger partial charge in [-0.1, -0.05) is 11.6 Å². The summed E-state index contributed by atoms with van der Waals surface area (Å²) in [6, 6.07) is 6.56. The van der Waals surface area contributed by atoms with E-state index < -0.39 is 0 Å². The van der Waals surface area contributed by atoms with Crippen LogP contribution in [-0.2, 0) is 4.74 Å². The van der Waals surface area contributed by atoms with Crippen molar-refractivity contribution in [3.8, 4) is 0 Å². The minimum Gasteiger partial charge on any atom is -0.372 e. The average molecular weight is 226 g/mol. The first-order chi connectivity index (χ1) is 7.15. The Labute approximate surface area is 95.0 Å². The summed E-state index contributed by atoms with van der Waals surface area (Å²) < 4.78 is 5.66. The highest BCUT2D eigenvalue weighted by Crippen LogP contribution is 2.19. The molecule has 15 heavy (non-hydrogen) atoms. The maximum atomic E-state index is 5.81. The SMILES string of the molecule is CC1CN(c2cc[c]c(Cl)n2)CC(C)O1. The topological polar surface area (TPSA) is 25.4 Å². The summed E-state index contributed by atoms with van der Waals surface area (Å²) in [6.07, 6.45) is 0.469. The molecule has 0 aliphatic carbocycles. The van der Waals surface area contributed by atoms with Crippen molar-refractivity contribution in [2.45, 2.75) is 26.1 Å². The highest BCUT2D eigenvalue weighted by Gasteiger charge is 2.22. The number of hydrogen-bond donors (Lipinski definition) is 0. The van der Waals surface area contributed by atoms with E-state index in [0.29, 0.717) is 5.15 Å². The summed E-state index contributed by atoms with van der Waals surface area (Å²) in [5.41, 5.74) is 0. The van der Waals surface area contributed by atoms with E-state index in [0.717, 1.165) is 18.9 Å². The fourth-order valence-corrected chi connectivity index (χ4v) is 2.05. The van der Waals surface area contributed by atoms with E-state index in [1.807, 2.05) is 6.07 Å². The van der Waals surface area contributed by atoms with Crippen molar-refractivity contribution in [3.63, 3.8) is 0 Å². The monoisotopic (exact) mass is 225 g/mol. The molecule has 1 fully saturated rings. The first-order valence-electron chi connectivity index (χ1n) is 5.10. The molecule has 2 atom stereocenters. The first kappa shape index (κ1) is 10.7. The summed E-state index contributed by atoms with van der Waals surface area (Å²) in [5, 5.41) is 0.416. The van der Waals surface area contributed by atoms with E-state index in [1.54, 1.807) is 6.07 Å². The minimum absolute atomic E-state index is 0.235. The fraction of sp³-hybridized carbons (Fsp3) is 0.545. The van der Waals surface area contributed by atoms with E-state index in [1.165, 1.54) is 0 Å². The van der Waals surface area contributed by atoms with Gasteiger partial charge in [-0.05, 0) is 26.0 Å². The van der Waals surface area contributed by atoms with Crippen molar-refractivity contribution in [1.82, 2.24) is 4.98 Å². The largest absolute Gasteiger partial charge is 0.372 e. The summed E-state index contributed by atoms with van der Waals surface area (Å²) in [6.45, 7) is 5.86. The Morgan fingerprint density at radius 1 is 1.47 bits per heavy atom. The Morgan fingerprint density at radius 3 is 2.73 bits per heavy atom. The molecule has 2 unspecified atom stereocenters. The van der Waals surface area contributed by atoms with Gasteiger partial charge in [0.05, 0.1) is 12.2 Å². The molecule has 3 nitrogen and oxygen atoms in total. The van der Waals surface area contributed by atoms with Crippen molar-refractivity contribution in [3.05, 3.63) is 23.4 Å². The lowest BCUT2D eigenvalue weighted by molar-refractivity contribution is -0.00545. The Morgan fingerprint density at radius 2 is 2.13 bits per heavy atom. The second-order valence-corrected chi connectivity index (χ2v) is 4.26. The predicted octanol–water partition coefficient (Wildman–Crippen LogP) is 2.15. The first-order valence-corrected chi connectivity index (χ1v) is 5.47. The van der Waals surface area contributed by atoms with Crippen molar-refractivity contribution in [1.29, 1.82) is 0 Å². The molecule has 2 heterocycles. The Bertz CT molecular complexity index is 335. The molecule has 0 N–H and O–H groups in total. The second kappa shape index (κ2) is 4.37. The number of anilines is 1. The Kier molecular flexibility index (Phi) is 3.12. The molecule has 0 saturated carbocycles. The third-order valence-electron chi connectivity index (χ3n) is 2.39. The van der Waals surface area contributed by atoms with Crippen LogP contribution in [-0.4, -0.2) is 30.3 Å². The van der Waals surface area contributed by atoms with Crippen LogP contribution in [0.25, 0.3) is 0 Å². The molecule has 0 amide bonds. The van der Waals surface area contributed by atoms with Crippen LogP contribution >= 0.6 is 11.6 Å². The Balaban J connectivity index is 2.16. The summed E-state index contributed by atoms with van der Waals surface area (Å²) in [4.78, 5) is 6.44. The molecule has 1 aromatic heterocycles. The van der Waals surface area contributed by atoms with Crippen molar-refractivity contribution >= 4 is 17.4 Å². The molecular formula is C11H14ClN2O. The van der Waals surface area contributed by atoms with Crippen LogP contribution in [0.4, 0.5) is 5.82 Å². The third kappa shape index (κ3) is 2.61. The lowest BCUT2D eigenvalue weighted by Crippen LogP contribution is -2.45. The number of nitrogens with zero attached hydrogens (tertiary/aromatic N) is 2. The molecule has 4 heteroatoms. The van der Waals surface area contributed by atoms with Crippen molar-refractivity contribution in [2.75, 3.05) is 18.0 Å². The highest BCUT2D eigenvalue weighted by molar-refractivity contribution is 6.29. The van der Waals surface area contributed by atoms with Crippen LogP contribution < -0.4 is 4.90 Å². The highest BCUT2D eigenvalue weighted by atomic mass is 35.5. The number of hydrogen-bond acceptors (Lipinski definition) is 3. The molecule has 0 bridgehead atoms. The zero-order chi connectivity index (χ0) is 10.8. The smallest absolute Gasteiger partial charge is 0.139 e. The van der Waals surface area contributed by atoms with Crippen molar-refractivity contribution < 1.29 is 4.74 Å². The lowest BCUT2D eigenvalue weighted by Gasteiger charge is -2.36. The van der Waals surface area contributed by atoms with Gasteiger partial charge in [0.15, 0.2) is 0 Å². The van der Waals surface area contributed by atoms with Crippen LogP contribution in [0.2, 0.25) is 5.15 Å². The van der Waals surface area contributed by atoms with E-state index in [9.17, 15) is 0 Å². The maximum Gasteiger partial charge on any atom is 0.139 e. The predicted molar refractivity (Wildman–Crippen MR) is 60.3 cm³/mol. The Hall–Kier alpha value is -0.800. The number of halogens is 1. The summed E-state index contributed by atoms with van der Waals surface area (Å²) >= 11 is 5.81. The van der Waals surface area contributed by atoms with Crippen LogP contribution in [0.15, 0.2) is 12.1 Å². The van der Waals surface area contributed by atoms with Gasteiger partial charge < -0.3 is 9.64 Å².